The Kier molecular flexibility index (Phi) is 9.88. The van der Waals surface area contributed by atoms with Gasteiger partial charge in [0, 0.05) is 25.8 Å². The number of amides is 1. The van der Waals surface area contributed by atoms with Gasteiger partial charge in [0.25, 0.3) is 11.8 Å². The van der Waals surface area contributed by atoms with Crippen molar-refractivity contribution in [3.05, 3.63) is 48.0 Å². The van der Waals surface area contributed by atoms with Crippen LogP contribution in [0.25, 0.3) is 0 Å². The maximum Gasteiger partial charge on any atom is 0.327 e. The van der Waals surface area contributed by atoms with Crippen LogP contribution in [0.15, 0.2) is 42.5 Å². The molecule has 2 N–H and O–H groups in total. The molecular formula is C24H31F4NO4. The number of aliphatic hydroxyl groups excluding tert-OH is 1. The van der Waals surface area contributed by atoms with E-state index in [2.05, 4.69) is 0 Å². The lowest BCUT2D eigenvalue weighted by atomic mass is 10.0. The van der Waals surface area contributed by atoms with Crippen LogP contribution in [0.4, 0.5) is 17.6 Å². The number of carboxylic acid groups (broad SMARTS) is 1. The van der Waals surface area contributed by atoms with Gasteiger partial charge in [0.1, 0.15) is 6.10 Å². The minimum atomic E-state index is -3.58. The van der Waals surface area contributed by atoms with Crippen LogP contribution in [0.2, 0.25) is 0 Å². The Balaban J connectivity index is 1.87. The van der Waals surface area contributed by atoms with Gasteiger partial charge in [0.05, 0.1) is 6.04 Å². The van der Waals surface area contributed by atoms with Crippen molar-refractivity contribution in [1.82, 2.24) is 4.90 Å². The number of hydrogen-bond acceptors (Lipinski definition) is 3. The highest BCUT2D eigenvalue weighted by atomic mass is 19.3. The minimum absolute atomic E-state index is 0.0140. The van der Waals surface area contributed by atoms with Crippen molar-refractivity contribution in [3.8, 4) is 0 Å². The number of alkyl halides is 4. The number of nitrogens with zero attached hydrogens (tertiary/aromatic N) is 1. The summed E-state index contributed by atoms with van der Waals surface area (Å²) in [4.78, 5) is 23.5. The number of aryl methyl sites for hydroxylation is 1. The van der Waals surface area contributed by atoms with E-state index in [-0.39, 0.29) is 19.4 Å². The number of carbonyl (C=O) groups excluding carboxylic acids is 1. The molecular weight excluding hydrogens is 442 g/mol. The summed E-state index contributed by atoms with van der Waals surface area (Å²) < 4.78 is 56.5. The van der Waals surface area contributed by atoms with E-state index in [4.69, 9.17) is 5.11 Å². The summed E-state index contributed by atoms with van der Waals surface area (Å²) in [5.41, 5.74) is 0.906. The molecule has 33 heavy (non-hydrogen) atoms. The molecule has 1 aliphatic heterocycles. The quantitative estimate of drug-likeness (QED) is 0.230. The lowest BCUT2D eigenvalue weighted by molar-refractivity contribution is -0.148. The Morgan fingerprint density at radius 1 is 1.15 bits per heavy atom. The van der Waals surface area contributed by atoms with E-state index >= 15 is 0 Å². The third-order valence-corrected chi connectivity index (χ3v) is 5.75. The fourth-order valence-corrected chi connectivity index (χ4v) is 3.87. The number of aliphatic hydroxyl groups is 1. The molecule has 0 aromatic heterocycles. The number of hydrogen-bond donors (Lipinski definition) is 2. The summed E-state index contributed by atoms with van der Waals surface area (Å²) in [6.07, 6.45) is 0.922. The van der Waals surface area contributed by atoms with Crippen molar-refractivity contribution in [2.45, 2.75) is 81.8 Å². The summed E-state index contributed by atoms with van der Waals surface area (Å²) in [5.74, 6) is -9.27. The Bertz CT molecular complexity index is 801. The predicted octanol–water partition coefficient (Wildman–Crippen LogP) is 4.83. The Hall–Kier alpha value is -2.42. The molecule has 9 heteroatoms. The van der Waals surface area contributed by atoms with Gasteiger partial charge in [-0.2, -0.15) is 8.78 Å². The molecule has 1 heterocycles. The highest BCUT2D eigenvalue weighted by Crippen LogP contribution is 2.35. The molecule has 1 aliphatic rings. The molecule has 0 aliphatic carbocycles. The number of likely N-dealkylation sites (tertiary alicyclic amines) is 1. The molecule has 0 saturated carbocycles. The number of benzene rings is 1. The maximum atomic E-state index is 14.3. The van der Waals surface area contributed by atoms with E-state index < -0.39 is 48.7 Å². The van der Waals surface area contributed by atoms with Crippen molar-refractivity contribution in [2.75, 3.05) is 6.54 Å². The molecule has 0 spiro atoms. The summed E-state index contributed by atoms with van der Waals surface area (Å²) >= 11 is 0. The minimum Gasteiger partial charge on any atom is -0.481 e. The molecule has 0 bridgehead atoms. The first-order valence-corrected chi connectivity index (χ1v) is 11.2. The fraction of sp³-hybridized carbons (Fsp3) is 0.583. The first-order chi connectivity index (χ1) is 15.5. The number of carboxylic acids is 1. The lowest BCUT2D eigenvalue weighted by Crippen LogP contribution is -2.37. The fourth-order valence-electron chi connectivity index (χ4n) is 3.87. The van der Waals surface area contributed by atoms with Crippen LogP contribution in [0.1, 0.15) is 56.9 Å². The van der Waals surface area contributed by atoms with E-state index in [1.54, 1.807) is 0 Å². The zero-order valence-electron chi connectivity index (χ0n) is 18.4. The molecule has 1 saturated heterocycles. The lowest BCUT2D eigenvalue weighted by Gasteiger charge is -2.23. The second-order valence-corrected chi connectivity index (χ2v) is 8.46. The molecule has 184 valence electrons. The van der Waals surface area contributed by atoms with Crippen LogP contribution in [0.5, 0.6) is 0 Å². The van der Waals surface area contributed by atoms with Crippen LogP contribution in [0.3, 0.4) is 0 Å². The number of carbonyl (C=O) groups is 2. The number of aliphatic carboxylic acids is 1. The monoisotopic (exact) mass is 473 g/mol. The molecule has 1 amide bonds. The zero-order valence-corrected chi connectivity index (χ0v) is 18.4. The molecule has 2 rings (SSSR count). The van der Waals surface area contributed by atoms with E-state index in [0.717, 1.165) is 22.6 Å². The molecule has 2 atom stereocenters. The molecule has 1 aromatic carbocycles. The van der Waals surface area contributed by atoms with Crippen molar-refractivity contribution in [1.29, 1.82) is 0 Å². The maximum absolute atomic E-state index is 14.3. The van der Waals surface area contributed by atoms with E-state index in [0.29, 0.717) is 32.1 Å². The SMILES string of the molecule is O=C(O)CCCCCCN1C(=O)C(F)(F)CC1C=CC(O)C(F)(F)CCCc1ccccc1. The van der Waals surface area contributed by atoms with Gasteiger partial charge in [-0.3, -0.25) is 9.59 Å². The van der Waals surface area contributed by atoms with Crippen LogP contribution in [-0.4, -0.2) is 57.5 Å². The summed E-state index contributed by atoms with van der Waals surface area (Å²) in [7, 11) is 0. The Morgan fingerprint density at radius 2 is 1.82 bits per heavy atom. The molecule has 1 aromatic rings. The number of unbranched alkanes of at least 4 members (excludes halogenated alkanes) is 3. The van der Waals surface area contributed by atoms with Crippen LogP contribution in [0, 0.1) is 0 Å². The van der Waals surface area contributed by atoms with Gasteiger partial charge in [-0.1, -0.05) is 55.3 Å². The van der Waals surface area contributed by atoms with Gasteiger partial charge >= 0.3 is 11.9 Å². The Labute approximate surface area is 191 Å². The van der Waals surface area contributed by atoms with Crippen LogP contribution < -0.4 is 0 Å². The van der Waals surface area contributed by atoms with Gasteiger partial charge in [-0.25, -0.2) is 8.78 Å². The van der Waals surface area contributed by atoms with Gasteiger partial charge in [0.2, 0.25) is 0 Å². The van der Waals surface area contributed by atoms with E-state index in [1.165, 1.54) is 0 Å². The molecule has 2 unspecified atom stereocenters. The Morgan fingerprint density at radius 3 is 2.48 bits per heavy atom. The first-order valence-electron chi connectivity index (χ1n) is 11.2. The molecule has 0 radical (unpaired) electrons. The third-order valence-electron chi connectivity index (χ3n) is 5.75. The van der Waals surface area contributed by atoms with Crippen molar-refractivity contribution in [2.24, 2.45) is 0 Å². The van der Waals surface area contributed by atoms with Gasteiger partial charge in [-0.15, -0.1) is 0 Å². The second kappa shape index (κ2) is 12.2. The summed E-state index contributed by atoms with van der Waals surface area (Å²) in [6, 6.07) is 8.02. The number of rotatable bonds is 14. The highest BCUT2D eigenvalue weighted by molar-refractivity contribution is 5.86. The second-order valence-electron chi connectivity index (χ2n) is 8.46. The third kappa shape index (κ3) is 8.46. The highest BCUT2D eigenvalue weighted by Gasteiger charge is 2.52. The average Bonchev–Trinajstić information content (AvgIpc) is 2.97. The topological polar surface area (TPSA) is 77.8 Å². The first kappa shape index (κ1) is 26.8. The standard InChI is InChI=1S/C24H31F4NO4/c25-23(26,15-8-11-18-9-4-3-5-10-18)20(30)14-13-19-17-24(27,28)22(33)29(19)16-7-2-1-6-12-21(31)32/h3-5,9-10,13-14,19-20,30H,1-2,6-8,11-12,15-17H2,(H,31,32). The molecule has 1 fully saturated rings. The average molecular weight is 474 g/mol. The normalized spacial score (nSPS) is 19.4. The molecule has 5 nitrogen and oxygen atoms in total. The predicted molar refractivity (Wildman–Crippen MR) is 115 cm³/mol. The van der Waals surface area contributed by atoms with Crippen molar-refractivity contribution >= 4 is 11.9 Å². The van der Waals surface area contributed by atoms with E-state index in [1.807, 2.05) is 30.3 Å². The van der Waals surface area contributed by atoms with Crippen LogP contribution >= 0.6 is 0 Å². The smallest absolute Gasteiger partial charge is 0.327 e. The van der Waals surface area contributed by atoms with Gasteiger partial charge < -0.3 is 15.1 Å². The summed E-state index contributed by atoms with van der Waals surface area (Å²) in [5, 5.41) is 18.6. The zero-order chi connectivity index (χ0) is 24.5. The largest absolute Gasteiger partial charge is 0.481 e. The van der Waals surface area contributed by atoms with Crippen LogP contribution in [-0.2, 0) is 16.0 Å². The van der Waals surface area contributed by atoms with Gasteiger partial charge in [0.15, 0.2) is 0 Å². The van der Waals surface area contributed by atoms with Gasteiger partial charge in [-0.05, 0) is 31.2 Å². The van der Waals surface area contributed by atoms with Crippen molar-refractivity contribution in [3.63, 3.8) is 0 Å². The van der Waals surface area contributed by atoms with E-state index in [9.17, 15) is 32.3 Å². The van der Waals surface area contributed by atoms with Crippen molar-refractivity contribution < 1.29 is 37.4 Å². The number of halogens is 4. The summed E-state index contributed by atoms with van der Waals surface area (Å²) in [6.45, 7) is 0.0140.